The smallest absolute Gasteiger partial charge is 0.223 e. The summed E-state index contributed by atoms with van der Waals surface area (Å²) in [6.45, 7) is 0.820. The predicted molar refractivity (Wildman–Crippen MR) is 92.7 cm³/mol. The summed E-state index contributed by atoms with van der Waals surface area (Å²) in [5.41, 5.74) is 2.95. The zero-order valence-corrected chi connectivity index (χ0v) is 14.5. The number of aromatic nitrogens is 3. The van der Waals surface area contributed by atoms with Crippen LogP contribution in [0.3, 0.4) is 0 Å². The Hall–Kier alpha value is -2.32. The average Bonchev–Trinajstić information content (AvgIpc) is 3.14. The first-order chi connectivity index (χ1) is 12.7. The normalized spacial score (nSPS) is 22.1. The van der Waals surface area contributed by atoms with E-state index in [2.05, 4.69) is 20.3 Å². The van der Waals surface area contributed by atoms with Gasteiger partial charge in [0.1, 0.15) is 5.69 Å². The molecule has 0 spiro atoms. The molecule has 2 atom stereocenters. The van der Waals surface area contributed by atoms with Crippen molar-refractivity contribution in [1.29, 1.82) is 0 Å². The molecule has 0 radical (unpaired) electrons. The summed E-state index contributed by atoms with van der Waals surface area (Å²) in [5.74, 6) is 0.387. The number of nitrogens with one attached hydrogen (secondary N) is 1. The van der Waals surface area contributed by atoms with Gasteiger partial charge in [-0.1, -0.05) is 0 Å². The van der Waals surface area contributed by atoms with Gasteiger partial charge in [-0.25, -0.2) is 19.3 Å². The van der Waals surface area contributed by atoms with Crippen LogP contribution in [-0.4, -0.2) is 52.5 Å². The van der Waals surface area contributed by atoms with Gasteiger partial charge in [-0.3, -0.25) is 0 Å². The fourth-order valence-electron chi connectivity index (χ4n) is 3.62. The predicted octanol–water partition coefficient (Wildman–Crippen LogP) is 1.74. The zero-order valence-electron chi connectivity index (χ0n) is 14.5. The molecule has 0 amide bonds. The summed E-state index contributed by atoms with van der Waals surface area (Å²) in [6.07, 6.45) is 5.45. The first-order valence-corrected chi connectivity index (χ1v) is 8.77. The number of methoxy groups -OCH3 is 1. The van der Waals surface area contributed by atoms with E-state index >= 15 is 0 Å². The van der Waals surface area contributed by atoms with Gasteiger partial charge in [0, 0.05) is 23.9 Å². The Labute approximate surface area is 150 Å². The molecule has 1 aliphatic carbocycles. The molecule has 7 nitrogen and oxygen atoms in total. The molecule has 2 aromatic heterocycles. The van der Waals surface area contributed by atoms with Gasteiger partial charge in [0.05, 0.1) is 32.1 Å². The van der Waals surface area contributed by atoms with Gasteiger partial charge in [-0.2, -0.15) is 0 Å². The monoisotopic (exact) mass is 360 g/mol. The highest BCUT2D eigenvalue weighted by Gasteiger charge is 2.26. The van der Waals surface area contributed by atoms with Crippen LogP contribution in [0.5, 0.6) is 5.88 Å². The van der Waals surface area contributed by atoms with E-state index in [1.807, 2.05) is 0 Å². The van der Waals surface area contributed by atoms with Crippen molar-refractivity contribution in [3.8, 4) is 17.1 Å². The number of aliphatic hydroxyl groups excluding tert-OH is 1. The molecule has 4 rings (SSSR count). The Bertz CT molecular complexity index is 817. The van der Waals surface area contributed by atoms with Crippen LogP contribution in [0.4, 0.5) is 10.3 Å². The van der Waals surface area contributed by atoms with Crippen molar-refractivity contribution in [3.05, 3.63) is 29.3 Å². The number of halogens is 1. The lowest BCUT2D eigenvalue weighted by Crippen LogP contribution is -2.42. The largest absolute Gasteiger partial charge is 0.481 e. The Morgan fingerprint density at radius 3 is 2.92 bits per heavy atom. The first kappa shape index (κ1) is 17.1. The van der Waals surface area contributed by atoms with Crippen LogP contribution in [-0.2, 0) is 17.6 Å². The van der Waals surface area contributed by atoms with E-state index in [1.165, 1.54) is 0 Å². The van der Waals surface area contributed by atoms with Crippen LogP contribution < -0.4 is 10.1 Å². The molecule has 26 heavy (non-hydrogen) atoms. The maximum atomic E-state index is 14.5. The quantitative estimate of drug-likeness (QED) is 0.858. The molecular formula is C18H21FN4O3. The molecule has 138 valence electrons. The van der Waals surface area contributed by atoms with Crippen LogP contribution in [0.2, 0.25) is 0 Å². The van der Waals surface area contributed by atoms with Crippen LogP contribution in [0.25, 0.3) is 11.3 Å². The summed E-state index contributed by atoms with van der Waals surface area (Å²) < 4.78 is 25.0. The molecule has 0 bridgehead atoms. The second kappa shape index (κ2) is 7.13. The summed E-state index contributed by atoms with van der Waals surface area (Å²) in [5, 5.41) is 13.1. The van der Waals surface area contributed by atoms with Crippen molar-refractivity contribution in [3.63, 3.8) is 0 Å². The number of pyridine rings is 1. The van der Waals surface area contributed by atoms with Gasteiger partial charge in [0.2, 0.25) is 11.8 Å². The topological polar surface area (TPSA) is 89.4 Å². The van der Waals surface area contributed by atoms with Crippen LogP contribution in [0.1, 0.15) is 24.0 Å². The lowest BCUT2D eigenvalue weighted by molar-refractivity contribution is -0.0136. The second-order valence-electron chi connectivity index (χ2n) is 6.56. The number of nitrogens with zero attached hydrogens (tertiary/aromatic N) is 3. The highest BCUT2D eigenvalue weighted by Crippen LogP contribution is 2.36. The molecular weight excluding hydrogens is 339 g/mol. The average molecular weight is 360 g/mol. The third kappa shape index (κ3) is 3.10. The van der Waals surface area contributed by atoms with Gasteiger partial charge in [-0.05, 0) is 31.2 Å². The highest BCUT2D eigenvalue weighted by molar-refractivity contribution is 5.68. The number of rotatable bonds is 4. The van der Waals surface area contributed by atoms with E-state index < -0.39 is 11.9 Å². The van der Waals surface area contributed by atoms with Crippen LogP contribution >= 0.6 is 0 Å². The van der Waals surface area contributed by atoms with E-state index in [1.54, 1.807) is 13.3 Å². The minimum absolute atomic E-state index is 0.220. The SMILES string of the molecule is COc1ncc(-c2nc(N[C@@H]3CCOC[C@H]3O)ncc2F)c2c1CCC2. The molecule has 1 fully saturated rings. The molecule has 2 N–H and O–H groups in total. The summed E-state index contributed by atoms with van der Waals surface area (Å²) in [7, 11) is 1.59. The summed E-state index contributed by atoms with van der Waals surface area (Å²) >= 11 is 0. The first-order valence-electron chi connectivity index (χ1n) is 8.77. The Kier molecular flexibility index (Phi) is 4.69. The minimum Gasteiger partial charge on any atom is -0.481 e. The number of hydrogen-bond acceptors (Lipinski definition) is 7. The van der Waals surface area contributed by atoms with Gasteiger partial charge in [-0.15, -0.1) is 0 Å². The Morgan fingerprint density at radius 1 is 1.27 bits per heavy atom. The van der Waals surface area contributed by atoms with Crippen molar-refractivity contribution in [2.75, 3.05) is 25.6 Å². The van der Waals surface area contributed by atoms with Crippen LogP contribution in [0, 0.1) is 5.82 Å². The maximum Gasteiger partial charge on any atom is 0.223 e. The van der Waals surface area contributed by atoms with Gasteiger partial charge in [0.15, 0.2) is 5.82 Å². The molecule has 2 aliphatic rings. The van der Waals surface area contributed by atoms with E-state index in [0.717, 1.165) is 36.6 Å². The van der Waals surface area contributed by atoms with Gasteiger partial charge < -0.3 is 19.9 Å². The second-order valence-corrected chi connectivity index (χ2v) is 6.56. The molecule has 2 aromatic rings. The zero-order chi connectivity index (χ0) is 18.1. The number of anilines is 1. The highest BCUT2D eigenvalue weighted by atomic mass is 19.1. The number of hydrogen-bond donors (Lipinski definition) is 2. The third-order valence-corrected chi connectivity index (χ3v) is 4.95. The molecule has 0 saturated carbocycles. The van der Waals surface area contributed by atoms with Gasteiger partial charge in [0.25, 0.3) is 0 Å². The lowest BCUT2D eigenvalue weighted by Gasteiger charge is -2.28. The number of fused-ring (bicyclic) bond motifs is 1. The van der Waals surface area contributed by atoms with Crippen molar-refractivity contribution in [2.24, 2.45) is 0 Å². The Balaban J connectivity index is 1.68. The fourth-order valence-corrected chi connectivity index (χ4v) is 3.62. The molecule has 8 heteroatoms. The molecule has 1 saturated heterocycles. The third-order valence-electron chi connectivity index (χ3n) is 4.95. The van der Waals surface area contributed by atoms with E-state index in [-0.39, 0.29) is 24.3 Å². The molecule has 3 heterocycles. The van der Waals surface area contributed by atoms with E-state index in [0.29, 0.717) is 24.5 Å². The van der Waals surface area contributed by atoms with E-state index in [4.69, 9.17) is 9.47 Å². The maximum absolute atomic E-state index is 14.5. The fraction of sp³-hybridized carbons (Fsp3) is 0.500. The molecule has 0 aromatic carbocycles. The lowest BCUT2D eigenvalue weighted by atomic mass is 10.0. The van der Waals surface area contributed by atoms with Crippen molar-refractivity contribution in [2.45, 2.75) is 37.8 Å². The van der Waals surface area contributed by atoms with Crippen molar-refractivity contribution >= 4 is 5.95 Å². The molecule has 1 aliphatic heterocycles. The number of aliphatic hydroxyl groups is 1. The Morgan fingerprint density at radius 2 is 2.12 bits per heavy atom. The van der Waals surface area contributed by atoms with Crippen molar-refractivity contribution in [1.82, 2.24) is 15.0 Å². The standard InChI is InChI=1S/C18H21FN4O3/c1-25-17-11-4-2-3-10(11)12(7-20-17)16-13(19)8-21-18(23-16)22-14-5-6-26-9-15(14)24/h7-8,14-15,24H,2-6,9H2,1H3,(H,21,22,23)/t14-,15-/m1/s1. The van der Waals surface area contributed by atoms with Crippen LogP contribution in [0.15, 0.2) is 12.4 Å². The summed E-state index contributed by atoms with van der Waals surface area (Å²) in [4.78, 5) is 12.7. The minimum atomic E-state index is -0.646. The van der Waals surface area contributed by atoms with Gasteiger partial charge >= 0.3 is 0 Å². The summed E-state index contributed by atoms with van der Waals surface area (Å²) in [6, 6.07) is -0.221. The van der Waals surface area contributed by atoms with E-state index in [9.17, 15) is 9.50 Å². The molecule has 0 unspecified atom stereocenters. The van der Waals surface area contributed by atoms with Crippen molar-refractivity contribution < 1.29 is 19.0 Å². The number of ether oxygens (including phenoxy) is 2.